The molecule has 0 unspecified atom stereocenters. The molecule has 0 aliphatic heterocycles. The number of benzene rings is 1. The van der Waals surface area contributed by atoms with Gasteiger partial charge in [-0.3, -0.25) is 5.10 Å². The lowest BCUT2D eigenvalue weighted by Gasteiger charge is -1.97. The lowest BCUT2D eigenvalue weighted by atomic mass is 10.4. The van der Waals surface area contributed by atoms with Gasteiger partial charge in [-0.15, -0.1) is 11.8 Å². The van der Waals surface area contributed by atoms with Gasteiger partial charge < -0.3 is 0 Å². The Morgan fingerprint density at radius 1 is 1.31 bits per heavy atom. The first-order valence-corrected chi connectivity index (χ1v) is 5.82. The molecule has 1 aromatic heterocycles. The standard InChI is InChI=1S/C11H10N4S/c12-7-6-10-13-11(15-14-10)8-16-9-4-2-1-3-5-9/h1-5H,6,8H2,(H,13,14,15). The van der Waals surface area contributed by atoms with Crippen LogP contribution in [0.5, 0.6) is 0 Å². The van der Waals surface area contributed by atoms with Crippen molar-refractivity contribution in [1.29, 1.82) is 5.26 Å². The van der Waals surface area contributed by atoms with Gasteiger partial charge in [0.25, 0.3) is 0 Å². The van der Waals surface area contributed by atoms with Crippen LogP contribution in [0.25, 0.3) is 0 Å². The van der Waals surface area contributed by atoms with Crippen molar-refractivity contribution in [3.05, 3.63) is 42.0 Å². The smallest absolute Gasteiger partial charge is 0.164 e. The normalized spacial score (nSPS) is 9.94. The second-order valence-corrected chi connectivity index (χ2v) is 4.18. The minimum absolute atomic E-state index is 0.256. The van der Waals surface area contributed by atoms with Gasteiger partial charge in [0.05, 0.1) is 18.2 Å². The first-order chi connectivity index (χ1) is 7.88. The number of nitriles is 1. The Labute approximate surface area is 97.7 Å². The lowest BCUT2D eigenvalue weighted by Crippen LogP contribution is -1.85. The van der Waals surface area contributed by atoms with Crippen molar-refractivity contribution in [3.8, 4) is 6.07 Å². The number of rotatable bonds is 4. The minimum atomic E-state index is 0.256. The molecule has 0 aliphatic carbocycles. The molecule has 0 saturated heterocycles. The first-order valence-electron chi connectivity index (χ1n) is 4.83. The Hall–Kier alpha value is -1.80. The molecule has 5 heteroatoms. The van der Waals surface area contributed by atoms with Crippen LogP contribution in [-0.4, -0.2) is 15.2 Å². The van der Waals surface area contributed by atoms with Gasteiger partial charge in [0.1, 0.15) is 5.82 Å². The van der Waals surface area contributed by atoms with Gasteiger partial charge in [-0.1, -0.05) is 18.2 Å². The van der Waals surface area contributed by atoms with Gasteiger partial charge in [0.15, 0.2) is 5.82 Å². The molecule has 0 aliphatic rings. The number of thioether (sulfide) groups is 1. The molecule has 0 amide bonds. The van der Waals surface area contributed by atoms with Crippen LogP contribution in [0, 0.1) is 11.3 Å². The van der Waals surface area contributed by atoms with Gasteiger partial charge in [-0.05, 0) is 12.1 Å². The van der Waals surface area contributed by atoms with Crippen LogP contribution in [0.2, 0.25) is 0 Å². The SMILES string of the molecule is N#CCc1n[nH]c(CSc2ccccc2)n1. The summed E-state index contributed by atoms with van der Waals surface area (Å²) in [5.41, 5.74) is 0. The summed E-state index contributed by atoms with van der Waals surface area (Å²) in [4.78, 5) is 5.40. The van der Waals surface area contributed by atoms with Crippen molar-refractivity contribution in [1.82, 2.24) is 15.2 Å². The van der Waals surface area contributed by atoms with Crippen LogP contribution in [0.4, 0.5) is 0 Å². The predicted octanol–water partition coefficient (Wildman–Crippen LogP) is 2.16. The van der Waals surface area contributed by atoms with Crippen molar-refractivity contribution < 1.29 is 0 Å². The Morgan fingerprint density at radius 2 is 2.12 bits per heavy atom. The highest BCUT2D eigenvalue weighted by Crippen LogP contribution is 2.20. The van der Waals surface area contributed by atoms with Crippen molar-refractivity contribution in [2.75, 3.05) is 0 Å². The molecule has 0 radical (unpaired) electrons. The third-order valence-corrected chi connectivity index (χ3v) is 2.96. The maximum Gasteiger partial charge on any atom is 0.164 e. The molecule has 0 atom stereocenters. The Balaban J connectivity index is 1.93. The summed E-state index contributed by atoms with van der Waals surface area (Å²) >= 11 is 1.69. The van der Waals surface area contributed by atoms with Crippen molar-refractivity contribution in [2.24, 2.45) is 0 Å². The zero-order valence-electron chi connectivity index (χ0n) is 8.55. The largest absolute Gasteiger partial charge is 0.262 e. The van der Waals surface area contributed by atoms with Crippen molar-refractivity contribution >= 4 is 11.8 Å². The van der Waals surface area contributed by atoms with E-state index in [2.05, 4.69) is 27.3 Å². The molecule has 1 aromatic carbocycles. The summed E-state index contributed by atoms with van der Waals surface area (Å²) < 4.78 is 0. The number of nitrogens with zero attached hydrogens (tertiary/aromatic N) is 3. The zero-order valence-corrected chi connectivity index (χ0v) is 9.37. The molecule has 0 fully saturated rings. The monoisotopic (exact) mass is 230 g/mol. The molecule has 4 nitrogen and oxygen atoms in total. The van der Waals surface area contributed by atoms with E-state index in [1.807, 2.05) is 24.3 Å². The maximum absolute atomic E-state index is 8.49. The van der Waals surface area contributed by atoms with E-state index in [0.29, 0.717) is 5.82 Å². The fourth-order valence-electron chi connectivity index (χ4n) is 1.22. The molecule has 1 heterocycles. The summed E-state index contributed by atoms with van der Waals surface area (Å²) in [5.74, 6) is 2.10. The van der Waals surface area contributed by atoms with Crippen LogP contribution in [-0.2, 0) is 12.2 Å². The molecule has 16 heavy (non-hydrogen) atoms. The zero-order chi connectivity index (χ0) is 11.2. The summed E-state index contributed by atoms with van der Waals surface area (Å²) in [7, 11) is 0. The Morgan fingerprint density at radius 3 is 2.88 bits per heavy atom. The quantitative estimate of drug-likeness (QED) is 0.817. The molecule has 0 saturated carbocycles. The molecular weight excluding hydrogens is 220 g/mol. The molecule has 1 N–H and O–H groups in total. The van der Waals surface area contributed by atoms with Gasteiger partial charge >= 0.3 is 0 Å². The van der Waals surface area contributed by atoms with Crippen LogP contribution in [0.3, 0.4) is 0 Å². The van der Waals surface area contributed by atoms with E-state index >= 15 is 0 Å². The molecular formula is C11H10N4S. The molecule has 0 spiro atoms. The van der Waals surface area contributed by atoms with Crippen molar-refractivity contribution in [2.45, 2.75) is 17.1 Å². The van der Waals surface area contributed by atoms with Crippen LogP contribution < -0.4 is 0 Å². The van der Waals surface area contributed by atoms with E-state index in [4.69, 9.17) is 5.26 Å². The molecule has 2 rings (SSSR count). The van der Waals surface area contributed by atoms with Gasteiger partial charge in [0.2, 0.25) is 0 Å². The second-order valence-electron chi connectivity index (χ2n) is 3.13. The summed E-state index contributed by atoms with van der Waals surface area (Å²) in [5, 5.41) is 15.3. The van der Waals surface area contributed by atoms with E-state index in [1.54, 1.807) is 11.8 Å². The molecule has 80 valence electrons. The second kappa shape index (κ2) is 5.33. The number of hydrogen-bond acceptors (Lipinski definition) is 4. The molecule has 0 bridgehead atoms. The average molecular weight is 230 g/mol. The number of nitrogens with one attached hydrogen (secondary N) is 1. The third-order valence-electron chi connectivity index (χ3n) is 1.93. The lowest BCUT2D eigenvalue weighted by molar-refractivity contribution is 0.986. The van der Waals surface area contributed by atoms with Gasteiger partial charge in [-0.2, -0.15) is 10.4 Å². The van der Waals surface area contributed by atoms with Crippen LogP contribution in [0.1, 0.15) is 11.6 Å². The summed E-state index contributed by atoms with van der Waals surface area (Å²) in [6, 6.07) is 12.1. The van der Waals surface area contributed by atoms with Crippen molar-refractivity contribution in [3.63, 3.8) is 0 Å². The summed E-state index contributed by atoms with van der Waals surface area (Å²) in [6.45, 7) is 0. The number of aromatic amines is 1. The Kier molecular flexibility index (Phi) is 3.57. The third kappa shape index (κ3) is 2.84. The van der Waals surface area contributed by atoms with E-state index < -0.39 is 0 Å². The highest BCUT2D eigenvalue weighted by Gasteiger charge is 2.02. The minimum Gasteiger partial charge on any atom is -0.262 e. The topological polar surface area (TPSA) is 65.4 Å². The maximum atomic E-state index is 8.49. The van der Waals surface area contributed by atoms with E-state index in [9.17, 15) is 0 Å². The van der Waals surface area contributed by atoms with E-state index in [-0.39, 0.29) is 6.42 Å². The number of H-pyrrole nitrogens is 1. The fourth-order valence-corrected chi connectivity index (χ4v) is 2.00. The molecule has 2 aromatic rings. The van der Waals surface area contributed by atoms with Crippen LogP contribution in [0.15, 0.2) is 35.2 Å². The van der Waals surface area contributed by atoms with Gasteiger partial charge in [0, 0.05) is 4.90 Å². The highest BCUT2D eigenvalue weighted by atomic mass is 32.2. The van der Waals surface area contributed by atoms with Crippen LogP contribution >= 0.6 is 11.8 Å². The Bertz CT molecular complexity index is 486. The highest BCUT2D eigenvalue weighted by molar-refractivity contribution is 7.98. The summed E-state index contributed by atoms with van der Waals surface area (Å²) in [6.07, 6.45) is 0.256. The van der Waals surface area contributed by atoms with Gasteiger partial charge in [-0.25, -0.2) is 4.98 Å². The number of aromatic nitrogens is 3. The fraction of sp³-hybridized carbons (Fsp3) is 0.182. The predicted molar refractivity (Wildman–Crippen MR) is 61.7 cm³/mol. The number of hydrogen-bond donors (Lipinski definition) is 1. The average Bonchev–Trinajstić information content (AvgIpc) is 2.76. The van der Waals surface area contributed by atoms with E-state index in [0.717, 1.165) is 11.6 Å². The van der Waals surface area contributed by atoms with E-state index in [1.165, 1.54) is 4.90 Å². The first kappa shape index (κ1) is 10.7.